The van der Waals surface area contributed by atoms with Crippen molar-refractivity contribution in [1.29, 1.82) is 0 Å². The number of rotatable bonds is 3. The van der Waals surface area contributed by atoms with Crippen molar-refractivity contribution in [2.24, 2.45) is 0 Å². The van der Waals surface area contributed by atoms with E-state index in [9.17, 15) is 9.59 Å². The molecule has 6 nitrogen and oxygen atoms in total. The van der Waals surface area contributed by atoms with Crippen molar-refractivity contribution in [1.82, 2.24) is 9.97 Å². The van der Waals surface area contributed by atoms with Gasteiger partial charge in [-0.25, -0.2) is 14.6 Å². The number of aromatic amines is 1. The zero-order valence-corrected chi connectivity index (χ0v) is 9.06. The lowest BCUT2D eigenvalue weighted by atomic mass is 10.2. The molecule has 17 heavy (non-hydrogen) atoms. The van der Waals surface area contributed by atoms with Crippen LogP contribution in [-0.2, 0) is 4.74 Å². The fourth-order valence-electron chi connectivity index (χ4n) is 1.44. The third-order valence-corrected chi connectivity index (χ3v) is 2.20. The van der Waals surface area contributed by atoms with Crippen LogP contribution in [0.4, 0.5) is 0 Å². The molecule has 0 spiro atoms. The maximum absolute atomic E-state index is 11.4. The molecule has 0 bridgehead atoms. The van der Waals surface area contributed by atoms with Crippen LogP contribution in [-0.4, -0.2) is 33.6 Å². The van der Waals surface area contributed by atoms with E-state index < -0.39 is 11.9 Å². The van der Waals surface area contributed by atoms with Gasteiger partial charge in [0.25, 0.3) is 0 Å². The monoisotopic (exact) mass is 234 g/mol. The van der Waals surface area contributed by atoms with Gasteiger partial charge in [-0.2, -0.15) is 0 Å². The minimum Gasteiger partial charge on any atom is -0.478 e. The van der Waals surface area contributed by atoms with E-state index in [-0.39, 0.29) is 18.0 Å². The Hall–Kier alpha value is -2.37. The highest BCUT2D eigenvalue weighted by atomic mass is 16.5. The highest BCUT2D eigenvalue weighted by molar-refractivity contribution is 5.94. The van der Waals surface area contributed by atoms with Crippen LogP contribution >= 0.6 is 0 Å². The standard InChI is InChI=1S/C11H10N2O4/c1-2-17-11(16)9-12-7-4-3-6(10(14)15)5-8(7)13-9/h3-5H,2H2,1H3,(H,12,13)(H,14,15). The van der Waals surface area contributed by atoms with E-state index in [1.54, 1.807) is 6.92 Å². The first kappa shape index (κ1) is 11.1. The second-order valence-electron chi connectivity index (χ2n) is 3.34. The molecule has 0 fully saturated rings. The van der Waals surface area contributed by atoms with Gasteiger partial charge in [0, 0.05) is 0 Å². The van der Waals surface area contributed by atoms with Crippen molar-refractivity contribution < 1.29 is 19.4 Å². The van der Waals surface area contributed by atoms with E-state index in [4.69, 9.17) is 9.84 Å². The van der Waals surface area contributed by atoms with Crippen LogP contribution in [0, 0.1) is 0 Å². The number of imidazole rings is 1. The van der Waals surface area contributed by atoms with Gasteiger partial charge >= 0.3 is 11.9 Å². The summed E-state index contributed by atoms with van der Waals surface area (Å²) in [6.45, 7) is 1.96. The average Bonchev–Trinajstić information content (AvgIpc) is 2.71. The maximum Gasteiger partial charge on any atom is 0.374 e. The fraction of sp³-hybridized carbons (Fsp3) is 0.182. The minimum absolute atomic E-state index is 0.0735. The molecule has 2 rings (SSSR count). The summed E-state index contributed by atoms with van der Waals surface area (Å²) in [5.74, 6) is -1.51. The Morgan fingerprint density at radius 3 is 2.88 bits per heavy atom. The normalized spacial score (nSPS) is 10.4. The first-order chi connectivity index (χ1) is 8.11. The number of hydrogen-bond acceptors (Lipinski definition) is 4. The summed E-state index contributed by atoms with van der Waals surface area (Å²) in [5.41, 5.74) is 1.16. The predicted molar refractivity (Wildman–Crippen MR) is 59.0 cm³/mol. The van der Waals surface area contributed by atoms with E-state index in [1.165, 1.54) is 18.2 Å². The lowest BCUT2D eigenvalue weighted by Gasteiger charge is -1.95. The van der Waals surface area contributed by atoms with Crippen LogP contribution in [0.2, 0.25) is 0 Å². The number of hydrogen-bond donors (Lipinski definition) is 2. The summed E-state index contributed by atoms with van der Waals surface area (Å²) in [5, 5.41) is 8.82. The molecule has 6 heteroatoms. The van der Waals surface area contributed by atoms with Crippen molar-refractivity contribution in [2.75, 3.05) is 6.61 Å². The third-order valence-electron chi connectivity index (χ3n) is 2.20. The number of carbonyl (C=O) groups is 2. The van der Waals surface area contributed by atoms with Crippen LogP contribution in [0.1, 0.15) is 27.9 Å². The summed E-state index contributed by atoms with van der Waals surface area (Å²) in [4.78, 5) is 28.9. The summed E-state index contributed by atoms with van der Waals surface area (Å²) in [6, 6.07) is 4.39. The van der Waals surface area contributed by atoms with Crippen molar-refractivity contribution in [3.8, 4) is 0 Å². The van der Waals surface area contributed by atoms with Crippen molar-refractivity contribution in [3.05, 3.63) is 29.6 Å². The number of ether oxygens (including phenoxy) is 1. The molecule has 2 N–H and O–H groups in total. The molecule has 0 atom stereocenters. The average molecular weight is 234 g/mol. The SMILES string of the molecule is CCOC(=O)c1nc2ccc(C(=O)O)cc2[nH]1. The molecule has 0 aliphatic rings. The molecule has 0 saturated heterocycles. The summed E-state index contributed by atoms with van der Waals surface area (Å²) in [7, 11) is 0. The van der Waals surface area contributed by atoms with Gasteiger partial charge < -0.3 is 14.8 Å². The second kappa shape index (κ2) is 4.25. The maximum atomic E-state index is 11.4. The molecule has 0 radical (unpaired) electrons. The van der Waals surface area contributed by atoms with Gasteiger partial charge in [0.1, 0.15) is 0 Å². The highest BCUT2D eigenvalue weighted by Gasteiger charge is 2.13. The van der Waals surface area contributed by atoms with Crippen molar-refractivity contribution in [3.63, 3.8) is 0 Å². The lowest BCUT2D eigenvalue weighted by molar-refractivity contribution is 0.0513. The van der Waals surface area contributed by atoms with Crippen LogP contribution in [0.5, 0.6) is 0 Å². The quantitative estimate of drug-likeness (QED) is 0.784. The molecule has 0 amide bonds. The van der Waals surface area contributed by atoms with Gasteiger partial charge in [-0.1, -0.05) is 0 Å². The molecule has 0 aliphatic heterocycles. The Morgan fingerprint density at radius 1 is 1.47 bits per heavy atom. The topological polar surface area (TPSA) is 92.3 Å². The molecule has 88 valence electrons. The second-order valence-corrected chi connectivity index (χ2v) is 3.34. The summed E-state index contributed by atoms with van der Waals surface area (Å²) < 4.78 is 4.79. The Kier molecular flexibility index (Phi) is 2.78. The molecule has 0 unspecified atom stereocenters. The van der Waals surface area contributed by atoms with E-state index in [1.807, 2.05) is 0 Å². The third kappa shape index (κ3) is 2.10. The zero-order valence-electron chi connectivity index (χ0n) is 9.06. The van der Waals surface area contributed by atoms with Crippen LogP contribution in [0.15, 0.2) is 18.2 Å². The first-order valence-corrected chi connectivity index (χ1v) is 5.02. The van der Waals surface area contributed by atoms with Gasteiger partial charge in [-0.3, -0.25) is 0 Å². The number of benzene rings is 1. The molecule has 1 heterocycles. The number of carboxylic acid groups (broad SMARTS) is 1. The number of fused-ring (bicyclic) bond motifs is 1. The van der Waals surface area contributed by atoms with Gasteiger partial charge in [0.2, 0.25) is 5.82 Å². The number of nitrogens with zero attached hydrogens (tertiary/aromatic N) is 1. The molecule has 1 aromatic heterocycles. The predicted octanol–water partition coefficient (Wildman–Crippen LogP) is 1.44. The Bertz CT molecular complexity index is 588. The number of aromatic nitrogens is 2. The summed E-state index contributed by atoms with van der Waals surface area (Å²) in [6.07, 6.45) is 0. The smallest absolute Gasteiger partial charge is 0.374 e. The Morgan fingerprint density at radius 2 is 2.24 bits per heavy atom. The Balaban J connectivity index is 2.43. The highest BCUT2D eigenvalue weighted by Crippen LogP contribution is 2.14. The lowest BCUT2D eigenvalue weighted by Crippen LogP contribution is -2.06. The molecule has 2 aromatic rings. The van der Waals surface area contributed by atoms with Crippen molar-refractivity contribution >= 4 is 23.0 Å². The number of aromatic carboxylic acids is 1. The molecule has 1 aromatic carbocycles. The number of nitrogens with one attached hydrogen (secondary N) is 1. The molecule has 0 saturated carbocycles. The number of carboxylic acids is 1. The van der Waals surface area contributed by atoms with E-state index in [0.29, 0.717) is 11.0 Å². The minimum atomic E-state index is -1.03. The Labute approximate surface area is 96.2 Å². The first-order valence-electron chi connectivity index (χ1n) is 5.02. The largest absolute Gasteiger partial charge is 0.478 e. The van der Waals surface area contributed by atoms with Crippen LogP contribution in [0.25, 0.3) is 11.0 Å². The van der Waals surface area contributed by atoms with E-state index >= 15 is 0 Å². The van der Waals surface area contributed by atoms with Gasteiger partial charge in [0.15, 0.2) is 0 Å². The van der Waals surface area contributed by atoms with E-state index in [2.05, 4.69) is 9.97 Å². The number of H-pyrrole nitrogens is 1. The van der Waals surface area contributed by atoms with Gasteiger partial charge in [0.05, 0.1) is 23.2 Å². The molecular formula is C11H10N2O4. The zero-order chi connectivity index (χ0) is 12.4. The summed E-state index contributed by atoms with van der Waals surface area (Å²) >= 11 is 0. The fourth-order valence-corrected chi connectivity index (χ4v) is 1.44. The van der Waals surface area contributed by atoms with E-state index in [0.717, 1.165) is 0 Å². The van der Waals surface area contributed by atoms with Crippen LogP contribution in [0.3, 0.4) is 0 Å². The number of carbonyl (C=O) groups excluding carboxylic acids is 1. The van der Waals surface area contributed by atoms with Gasteiger partial charge in [-0.15, -0.1) is 0 Å². The van der Waals surface area contributed by atoms with Crippen molar-refractivity contribution in [2.45, 2.75) is 6.92 Å². The molecular weight excluding hydrogens is 224 g/mol. The molecule has 0 aliphatic carbocycles. The number of esters is 1. The van der Waals surface area contributed by atoms with Crippen LogP contribution < -0.4 is 0 Å². The van der Waals surface area contributed by atoms with Gasteiger partial charge in [-0.05, 0) is 25.1 Å².